The molecule has 0 amide bonds. The van der Waals surface area contributed by atoms with Gasteiger partial charge in [-0.2, -0.15) is 0 Å². The predicted molar refractivity (Wildman–Crippen MR) is 77.6 cm³/mol. The molecule has 0 aromatic heterocycles. The van der Waals surface area contributed by atoms with E-state index in [1.807, 2.05) is 60.7 Å². The molecule has 0 atom stereocenters. The van der Waals surface area contributed by atoms with E-state index in [1.165, 1.54) is 6.07 Å². The molecule has 0 spiro atoms. The van der Waals surface area contributed by atoms with Crippen LogP contribution in [0.3, 0.4) is 0 Å². The molecule has 0 N–H and O–H groups in total. The van der Waals surface area contributed by atoms with Crippen molar-refractivity contribution in [3.05, 3.63) is 88.0 Å². The SMILES string of the molecule is O=[N+]([O-])c1cccc(C=C/C=C/c2ccccc2)c1. The van der Waals surface area contributed by atoms with Crippen LogP contribution in [0.2, 0.25) is 0 Å². The second-order valence-corrected chi connectivity index (χ2v) is 3.98. The van der Waals surface area contributed by atoms with Crippen LogP contribution in [0.1, 0.15) is 11.1 Å². The summed E-state index contributed by atoms with van der Waals surface area (Å²) >= 11 is 0. The smallest absolute Gasteiger partial charge is 0.258 e. The van der Waals surface area contributed by atoms with Crippen molar-refractivity contribution in [2.45, 2.75) is 0 Å². The number of nitro groups is 1. The van der Waals surface area contributed by atoms with Crippen LogP contribution < -0.4 is 0 Å². The summed E-state index contributed by atoms with van der Waals surface area (Å²) in [6, 6.07) is 16.5. The van der Waals surface area contributed by atoms with Gasteiger partial charge in [-0.1, -0.05) is 66.8 Å². The fraction of sp³-hybridized carbons (Fsp3) is 0. The molecule has 0 aliphatic carbocycles. The Bertz CT molecular complexity index is 616. The molecule has 0 heterocycles. The van der Waals surface area contributed by atoms with Gasteiger partial charge in [0.1, 0.15) is 0 Å². The van der Waals surface area contributed by atoms with Crippen LogP contribution in [-0.4, -0.2) is 4.92 Å². The Hall–Kier alpha value is -2.68. The zero-order valence-electron chi connectivity index (χ0n) is 10.3. The van der Waals surface area contributed by atoms with Crippen molar-refractivity contribution in [2.24, 2.45) is 0 Å². The molecular weight excluding hydrogens is 238 g/mol. The highest BCUT2D eigenvalue weighted by atomic mass is 16.6. The van der Waals surface area contributed by atoms with Crippen LogP contribution in [0.15, 0.2) is 66.7 Å². The van der Waals surface area contributed by atoms with E-state index in [4.69, 9.17) is 0 Å². The van der Waals surface area contributed by atoms with E-state index in [0.29, 0.717) is 0 Å². The highest BCUT2D eigenvalue weighted by Gasteiger charge is 2.02. The number of benzene rings is 2. The number of nitro benzene ring substituents is 1. The monoisotopic (exact) mass is 251 g/mol. The maximum absolute atomic E-state index is 10.6. The van der Waals surface area contributed by atoms with Crippen LogP contribution in [0, 0.1) is 10.1 Å². The van der Waals surface area contributed by atoms with E-state index in [9.17, 15) is 10.1 Å². The Balaban J connectivity index is 2.05. The Morgan fingerprint density at radius 2 is 1.47 bits per heavy atom. The molecule has 2 aromatic carbocycles. The van der Waals surface area contributed by atoms with Gasteiger partial charge in [0, 0.05) is 12.1 Å². The second-order valence-electron chi connectivity index (χ2n) is 3.98. The van der Waals surface area contributed by atoms with Crippen molar-refractivity contribution in [1.29, 1.82) is 0 Å². The third-order valence-corrected chi connectivity index (χ3v) is 2.57. The van der Waals surface area contributed by atoms with Crippen LogP contribution in [0.5, 0.6) is 0 Å². The van der Waals surface area contributed by atoms with Crippen LogP contribution in [0.4, 0.5) is 5.69 Å². The van der Waals surface area contributed by atoms with E-state index in [-0.39, 0.29) is 5.69 Å². The summed E-state index contributed by atoms with van der Waals surface area (Å²) in [7, 11) is 0. The van der Waals surface area contributed by atoms with Gasteiger partial charge in [0.05, 0.1) is 4.92 Å². The third-order valence-electron chi connectivity index (χ3n) is 2.57. The second kappa shape index (κ2) is 6.31. The number of rotatable bonds is 4. The van der Waals surface area contributed by atoms with Gasteiger partial charge in [-0.15, -0.1) is 0 Å². The highest BCUT2D eigenvalue weighted by molar-refractivity contribution is 5.58. The quantitative estimate of drug-likeness (QED) is 0.461. The molecule has 0 unspecified atom stereocenters. The van der Waals surface area contributed by atoms with E-state index in [1.54, 1.807) is 12.1 Å². The summed E-state index contributed by atoms with van der Waals surface area (Å²) in [6.45, 7) is 0. The predicted octanol–water partition coefficient (Wildman–Crippen LogP) is 4.32. The maximum Gasteiger partial charge on any atom is 0.270 e. The fourth-order valence-corrected chi connectivity index (χ4v) is 1.64. The van der Waals surface area contributed by atoms with Gasteiger partial charge in [0.15, 0.2) is 0 Å². The average molecular weight is 251 g/mol. The minimum Gasteiger partial charge on any atom is -0.258 e. The minimum atomic E-state index is -0.392. The van der Waals surface area contributed by atoms with Crippen molar-refractivity contribution in [2.75, 3.05) is 0 Å². The summed E-state index contributed by atoms with van der Waals surface area (Å²) in [5.74, 6) is 0. The highest BCUT2D eigenvalue weighted by Crippen LogP contribution is 2.14. The first-order chi connectivity index (χ1) is 9.25. The topological polar surface area (TPSA) is 43.1 Å². The number of hydrogen-bond acceptors (Lipinski definition) is 2. The van der Waals surface area contributed by atoms with E-state index >= 15 is 0 Å². The summed E-state index contributed by atoms with van der Waals surface area (Å²) in [5.41, 5.74) is 2.03. The number of allylic oxidation sites excluding steroid dienone is 2. The van der Waals surface area contributed by atoms with Crippen molar-refractivity contribution in [1.82, 2.24) is 0 Å². The van der Waals surface area contributed by atoms with Crippen LogP contribution >= 0.6 is 0 Å². The standard InChI is InChI=1S/C16H13NO2/c18-17(19)16-12-6-11-15(13-16)10-5-4-9-14-7-2-1-3-8-14/h1-13H/b9-4+,10-5?. The molecule has 3 heteroatoms. The lowest BCUT2D eigenvalue weighted by Crippen LogP contribution is -1.87. The lowest BCUT2D eigenvalue weighted by molar-refractivity contribution is -0.384. The Morgan fingerprint density at radius 3 is 2.16 bits per heavy atom. The molecule has 0 radical (unpaired) electrons. The zero-order valence-corrected chi connectivity index (χ0v) is 10.3. The minimum absolute atomic E-state index is 0.106. The Labute approximate surface area is 111 Å². The molecule has 0 aliphatic heterocycles. The third kappa shape index (κ3) is 3.92. The maximum atomic E-state index is 10.6. The van der Waals surface area contributed by atoms with Gasteiger partial charge < -0.3 is 0 Å². The first-order valence-corrected chi connectivity index (χ1v) is 5.90. The number of non-ortho nitro benzene ring substituents is 1. The van der Waals surface area contributed by atoms with Gasteiger partial charge in [-0.25, -0.2) is 0 Å². The van der Waals surface area contributed by atoms with Gasteiger partial charge in [0.2, 0.25) is 0 Å². The zero-order chi connectivity index (χ0) is 13.5. The summed E-state index contributed by atoms with van der Waals surface area (Å²) in [4.78, 5) is 10.2. The van der Waals surface area contributed by atoms with Crippen molar-refractivity contribution >= 4 is 17.8 Å². The normalized spacial score (nSPS) is 11.2. The first-order valence-electron chi connectivity index (χ1n) is 5.90. The summed E-state index contributed by atoms with van der Waals surface area (Å²) in [5, 5.41) is 10.6. The van der Waals surface area contributed by atoms with Crippen molar-refractivity contribution < 1.29 is 4.92 Å². The average Bonchev–Trinajstić information content (AvgIpc) is 2.45. The van der Waals surface area contributed by atoms with Crippen LogP contribution in [-0.2, 0) is 0 Å². The summed E-state index contributed by atoms with van der Waals surface area (Å²) in [6.07, 6.45) is 7.60. The lowest BCUT2D eigenvalue weighted by atomic mass is 10.1. The van der Waals surface area contributed by atoms with Gasteiger partial charge >= 0.3 is 0 Å². The number of hydrogen-bond donors (Lipinski definition) is 0. The lowest BCUT2D eigenvalue weighted by Gasteiger charge is -1.93. The molecule has 0 bridgehead atoms. The van der Waals surface area contributed by atoms with E-state index < -0.39 is 4.92 Å². The molecular formula is C16H13NO2. The van der Waals surface area contributed by atoms with E-state index in [2.05, 4.69) is 0 Å². The molecule has 3 nitrogen and oxygen atoms in total. The van der Waals surface area contributed by atoms with Gasteiger partial charge in [-0.3, -0.25) is 10.1 Å². The number of nitrogens with zero attached hydrogens (tertiary/aromatic N) is 1. The van der Waals surface area contributed by atoms with Crippen molar-refractivity contribution in [3.8, 4) is 0 Å². The molecule has 0 saturated heterocycles. The molecule has 0 aliphatic rings. The molecule has 19 heavy (non-hydrogen) atoms. The van der Waals surface area contributed by atoms with Crippen molar-refractivity contribution in [3.63, 3.8) is 0 Å². The van der Waals surface area contributed by atoms with Crippen LogP contribution in [0.25, 0.3) is 12.2 Å². The van der Waals surface area contributed by atoms with Gasteiger partial charge in [0.25, 0.3) is 5.69 Å². The fourth-order valence-electron chi connectivity index (χ4n) is 1.64. The van der Waals surface area contributed by atoms with E-state index in [0.717, 1.165) is 11.1 Å². The van der Waals surface area contributed by atoms with Gasteiger partial charge in [-0.05, 0) is 11.1 Å². The first kappa shape index (κ1) is 12.8. The molecule has 0 saturated carbocycles. The Kier molecular flexibility index (Phi) is 4.24. The largest absolute Gasteiger partial charge is 0.270 e. The summed E-state index contributed by atoms with van der Waals surface area (Å²) < 4.78 is 0. The Morgan fingerprint density at radius 1 is 0.842 bits per heavy atom. The molecule has 2 rings (SSSR count). The molecule has 2 aromatic rings. The molecule has 0 fully saturated rings. The molecule has 94 valence electrons.